The fourth-order valence-corrected chi connectivity index (χ4v) is 2.98. The van der Waals surface area contributed by atoms with Gasteiger partial charge in [0.25, 0.3) is 5.69 Å². The van der Waals surface area contributed by atoms with Crippen molar-refractivity contribution < 1.29 is 4.92 Å². The largest absolute Gasteiger partial charge is 0.324 e. The van der Waals surface area contributed by atoms with Crippen molar-refractivity contribution >= 4 is 11.4 Å². The summed E-state index contributed by atoms with van der Waals surface area (Å²) >= 11 is 0. The number of piperidine rings is 1. The summed E-state index contributed by atoms with van der Waals surface area (Å²) in [6.07, 6.45) is 2.38. The van der Waals surface area contributed by atoms with Crippen LogP contribution in [0.15, 0.2) is 18.2 Å². The lowest BCUT2D eigenvalue weighted by atomic mass is 9.86. The summed E-state index contributed by atoms with van der Waals surface area (Å²) < 4.78 is 0. The Labute approximate surface area is 125 Å². The molecule has 1 aromatic carbocycles. The van der Waals surface area contributed by atoms with Crippen LogP contribution in [-0.4, -0.2) is 22.9 Å². The van der Waals surface area contributed by atoms with Crippen molar-refractivity contribution in [1.29, 1.82) is 0 Å². The summed E-state index contributed by atoms with van der Waals surface area (Å²) in [4.78, 5) is 12.9. The molecule has 0 saturated carbocycles. The van der Waals surface area contributed by atoms with Crippen LogP contribution in [0, 0.1) is 22.0 Å². The highest BCUT2D eigenvalue weighted by atomic mass is 16.6. The first kappa shape index (κ1) is 15.7. The van der Waals surface area contributed by atoms with E-state index in [0.717, 1.165) is 36.2 Å². The van der Waals surface area contributed by atoms with Crippen molar-refractivity contribution in [1.82, 2.24) is 4.90 Å². The van der Waals surface area contributed by atoms with Crippen LogP contribution in [0.4, 0.5) is 11.4 Å². The van der Waals surface area contributed by atoms with Crippen LogP contribution in [0.3, 0.4) is 0 Å². The number of nitrogens with two attached hydrogens (primary N) is 1. The lowest BCUT2D eigenvalue weighted by Gasteiger charge is -2.34. The van der Waals surface area contributed by atoms with Crippen molar-refractivity contribution in [3.8, 4) is 0 Å². The van der Waals surface area contributed by atoms with Crippen LogP contribution in [0.25, 0.3) is 0 Å². The summed E-state index contributed by atoms with van der Waals surface area (Å²) in [5.41, 5.74) is 4.38. The summed E-state index contributed by atoms with van der Waals surface area (Å²) in [5.74, 6) is 7.02. The first-order valence-electron chi connectivity index (χ1n) is 7.47. The Bertz CT molecular complexity index is 496. The predicted octanol–water partition coefficient (Wildman–Crippen LogP) is 2.75. The highest BCUT2D eigenvalue weighted by Crippen LogP contribution is 2.28. The second kappa shape index (κ2) is 6.87. The van der Waals surface area contributed by atoms with E-state index in [2.05, 4.69) is 24.2 Å². The molecule has 0 spiro atoms. The zero-order valence-corrected chi connectivity index (χ0v) is 12.7. The minimum atomic E-state index is -0.366. The van der Waals surface area contributed by atoms with Gasteiger partial charge in [0, 0.05) is 18.7 Å². The van der Waals surface area contributed by atoms with Crippen molar-refractivity contribution in [2.75, 3.05) is 18.5 Å². The number of nitrogens with zero attached hydrogens (tertiary/aromatic N) is 2. The maximum absolute atomic E-state index is 10.9. The molecule has 6 heteroatoms. The van der Waals surface area contributed by atoms with Gasteiger partial charge in [0.15, 0.2) is 0 Å². The molecule has 0 atom stereocenters. The van der Waals surface area contributed by atoms with Crippen LogP contribution in [0.2, 0.25) is 0 Å². The molecule has 6 nitrogen and oxygen atoms in total. The number of likely N-dealkylation sites (tertiary alicyclic amines) is 1. The molecule has 0 amide bonds. The third kappa shape index (κ3) is 3.92. The van der Waals surface area contributed by atoms with Crippen LogP contribution in [0.5, 0.6) is 0 Å². The number of hydrazine groups is 1. The Kier molecular flexibility index (Phi) is 5.14. The lowest BCUT2D eigenvalue weighted by Crippen LogP contribution is -2.35. The van der Waals surface area contributed by atoms with Crippen LogP contribution >= 0.6 is 0 Å². The first-order valence-corrected chi connectivity index (χ1v) is 7.47. The minimum absolute atomic E-state index is 0.112. The molecule has 1 heterocycles. The van der Waals surface area contributed by atoms with Gasteiger partial charge in [-0.25, -0.2) is 0 Å². The molecule has 1 aliphatic heterocycles. The Morgan fingerprint density at radius 2 is 2.10 bits per heavy atom. The van der Waals surface area contributed by atoms with E-state index >= 15 is 0 Å². The van der Waals surface area contributed by atoms with Crippen molar-refractivity contribution in [2.24, 2.45) is 17.7 Å². The summed E-state index contributed by atoms with van der Waals surface area (Å²) in [6, 6.07) is 4.77. The number of non-ortho nitro benzene ring substituents is 1. The maximum atomic E-state index is 10.9. The fraction of sp³-hybridized carbons (Fsp3) is 0.600. The Morgan fingerprint density at radius 1 is 1.43 bits per heavy atom. The van der Waals surface area contributed by atoms with E-state index in [9.17, 15) is 10.1 Å². The van der Waals surface area contributed by atoms with Crippen molar-refractivity contribution in [3.05, 3.63) is 33.9 Å². The van der Waals surface area contributed by atoms with Crippen LogP contribution < -0.4 is 11.3 Å². The van der Waals surface area contributed by atoms with Crippen LogP contribution in [-0.2, 0) is 6.54 Å². The molecule has 0 aromatic heterocycles. The molecule has 2 rings (SSSR count). The number of nitro benzene ring substituents is 1. The number of hydrogen-bond donors (Lipinski definition) is 2. The number of rotatable bonds is 5. The smallest absolute Gasteiger partial charge is 0.269 e. The standard InChI is InChI=1S/C15H24N4O2/c1-11(2)12-5-7-18(8-6-12)10-13-9-14(19(20)21)3-4-15(13)17-16/h3-4,9,11-12,17H,5-8,10,16H2,1-2H3. The van der Waals surface area contributed by atoms with E-state index in [0.29, 0.717) is 6.54 Å². The van der Waals surface area contributed by atoms with E-state index in [-0.39, 0.29) is 10.6 Å². The van der Waals surface area contributed by atoms with Crippen molar-refractivity contribution in [2.45, 2.75) is 33.2 Å². The Hall–Kier alpha value is -1.66. The molecule has 0 radical (unpaired) electrons. The maximum Gasteiger partial charge on any atom is 0.269 e. The van der Waals surface area contributed by atoms with E-state index in [4.69, 9.17) is 5.84 Å². The van der Waals surface area contributed by atoms with E-state index in [1.807, 2.05) is 0 Å². The van der Waals surface area contributed by atoms with E-state index < -0.39 is 0 Å². The number of nitro groups is 1. The third-order valence-electron chi connectivity index (χ3n) is 4.42. The molecular formula is C15H24N4O2. The van der Waals surface area contributed by atoms with Gasteiger partial charge in [0.2, 0.25) is 0 Å². The molecule has 0 aliphatic carbocycles. The highest BCUT2D eigenvalue weighted by molar-refractivity contribution is 5.55. The summed E-state index contributed by atoms with van der Waals surface area (Å²) in [5, 5.41) is 10.9. The molecule has 21 heavy (non-hydrogen) atoms. The molecule has 1 aliphatic rings. The van der Waals surface area contributed by atoms with Crippen LogP contribution in [0.1, 0.15) is 32.3 Å². The zero-order chi connectivity index (χ0) is 15.4. The van der Waals surface area contributed by atoms with Gasteiger partial charge in [-0.3, -0.25) is 20.9 Å². The topological polar surface area (TPSA) is 84.4 Å². The molecule has 0 bridgehead atoms. The van der Waals surface area contributed by atoms with Gasteiger partial charge >= 0.3 is 0 Å². The number of anilines is 1. The number of nitrogen functional groups attached to an aromatic ring is 1. The minimum Gasteiger partial charge on any atom is -0.324 e. The molecule has 3 N–H and O–H groups in total. The monoisotopic (exact) mass is 292 g/mol. The molecule has 116 valence electrons. The van der Waals surface area contributed by atoms with Gasteiger partial charge < -0.3 is 5.43 Å². The van der Waals surface area contributed by atoms with Gasteiger partial charge in [-0.2, -0.15) is 0 Å². The van der Waals surface area contributed by atoms with Gasteiger partial charge in [-0.05, 0) is 49.4 Å². The Morgan fingerprint density at radius 3 is 2.62 bits per heavy atom. The average molecular weight is 292 g/mol. The summed E-state index contributed by atoms with van der Waals surface area (Å²) in [6.45, 7) is 7.33. The van der Waals surface area contributed by atoms with Gasteiger partial charge in [-0.1, -0.05) is 13.8 Å². The molecule has 1 fully saturated rings. The number of benzene rings is 1. The number of nitrogens with one attached hydrogen (secondary N) is 1. The predicted molar refractivity (Wildman–Crippen MR) is 83.7 cm³/mol. The number of hydrogen-bond acceptors (Lipinski definition) is 5. The summed E-state index contributed by atoms with van der Waals surface area (Å²) in [7, 11) is 0. The van der Waals surface area contributed by atoms with Gasteiger partial charge in [0.1, 0.15) is 0 Å². The highest BCUT2D eigenvalue weighted by Gasteiger charge is 2.22. The molecule has 0 unspecified atom stereocenters. The normalized spacial score (nSPS) is 17.1. The van der Waals surface area contributed by atoms with Gasteiger partial charge in [-0.15, -0.1) is 0 Å². The lowest BCUT2D eigenvalue weighted by molar-refractivity contribution is -0.384. The second-order valence-corrected chi connectivity index (χ2v) is 6.10. The zero-order valence-electron chi connectivity index (χ0n) is 12.7. The molecular weight excluding hydrogens is 268 g/mol. The SMILES string of the molecule is CC(C)C1CCN(Cc2cc([N+](=O)[O-])ccc2NN)CC1. The van der Waals surface area contributed by atoms with E-state index in [1.165, 1.54) is 18.9 Å². The molecule has 1 saturated heterocycles. The third-order valence-corrected chi connectivity index (χ3v) is 4.42. The van der Waals surface area contributed by atoms with Crippen molar-refractivity contribution in [3.63, 3.8) is 0 Å². The first-order chi connectivity index (χ1) is 10.0. The quantitative estimate of drug-likeness (QED) is 0.495. The Balaban J connectivity index is 2.05. The van der Waals surface area contributed by atoms with Gasteiger partial charge in [0.05, 0.1) is 10.6 Å². The van der Waals surface area contributed by atoms with E-state index in [1.54, 1.807) is 12.1 Å². The average Bonchev–Trinajstić information content (AvgIpc) is 2.47. The fourth-order valence-electron chi connectivity index (χ4n) is 2.98. The second-order valence-electron chi connectivity index (χ2n) is 6.10. The molecule has 1 aromatic rings.